The van der Waals surface area contributed by atoms with Crippen LogP contribution < -0.4 is 0 Å². The number of rotatable bonds is 5. The first-order valence-electron chi connectivity index (χ1n) is 4.63. The summed E-state index contributed by atoms with van der Waals surface area (Å²) in [4.78, 5) is 12.3. The Bertz CT molecular complexity index is 290. The molecule has 1 aromatic heterocycles. The number of hydrogen-bond acceptors (Lipinski definition) is 3. The summed E-state index contributed by atoms with van der Waals surface area (Å²) in [7, 11) is 0. The molecule has 0 fully saturated rings. The van der Waals surface area contributed by atoms with Gasteiger partial charge in [-0.25, -0.2) is 0 Å². The summed E-state index contributed by atoms with van der Waals surface area (Å²) >= 11 is 1.57. The van der Waals surface area contributed by atoms with E-state index in [0.29, 0.717) is 6.42 Å². The van der Waals surface area contributed by atoms with E-state index in [0.717, 1.165) is 11.3 Å². The predicted octanol–water partition coefficient (Wildman–Crippen LogP) is 3.32. The molecular formula is C11H14O2S. The third kappa shape index (κ3) is 3.00. The molecule has 3 heteroatoms. The Balaban J connectivity index is 2.56. The van der Waals surface area contributed by atoms with Crippen LogP contribution in [-0.4, -0.2) is 5.97 Å². The smallest absolute Gasteiger partial charge is 0.306 e. The Morgan fingerprint density at radius 1 is 1.79 bits per heavy atom. The lowest BCUT2D eigenvalue weighted by molar-refractivity contribution is -0.147. The molecule has 0 aliphatic heterocycles. The average Bonchev–Trinajstić information content (AvgIpc) is 2.67. The number of esters is 1. The van der Waals surface area contributed by atoms with Gasteiger partial charge in [0.25, 0.3) is 0 Å². The first-order valence-corrected chi connectivity index (χ1v) is 5.51. The molecule has 0 amide bonds. The number of thiophene rings is 1. The zero-order valence-corrected chi connectivity index (χ0v) is 9.05. The molecule has 0 aliphatic carbocycles. The number of hydrogen-bond donors (Lipinski definition) is 0. The zero-order chi connectivity index (χ0) is 10.4. The monoisotopic (exact) mass is 210 g/mol. The van der Waals surface area contributed by atoms with Crippen LogP contribution in [0.5, 0.6) is 0 Å². The third-order valence-electron chi connectivity index (χ3n) is 1.75. The van der Waals surface area contributed by atoms with E-state index >= 15 is 0 Å². The topological polar surface area (TPSA) is 26.3 Å². The highest BCUT2D eigenvalue weighted by Crippen LogP contribution is 2.23. The average molecular weight is 210 g/mol. The van der Waals surface area contributed by atoms with Crippen LogP contribution in [0.25, 0.3) is 0 Å². The summed E-state index contributed by atoms with van der Waals surface area (Å²) in [6, 6.07) is 3.88. The summed E-state index contributed by atoms with van der Waals surface area (Å²) in [5, 5.41) is 1.96. The maximum atomic E-state index is 11.2. The van der Waals surface area contributed by atoms with Gasteiger partial charge in [-0.05, 0) is 23.9 Å². The minimum atomic E-state index is -0.283. The minimum Gasteiger partial charge on any atom is -0.452 e. The van der Waals surface area contributed by atoms with Crippen LogP contribution in [0.2, 0.25) is 0 Å². The lowest BCUT2D eigenvalue weighted by Crippen LogP contribution is -2.07. The van der Waals surface area contributed by atoms with Crippen LogP contribution in [0, 0.1) is 0 Å². The molecule has 0 saturated carbocycles. The van der Waals surface area contributed by atoms with Crippen molar-refractivity contribution in [3.05, 3.63) is 35.0 Å². The Morgan fingerprint density at radius 3 is 3.07 bits per heavy atom. The van der Waals surface area contributed by atoms with Gasteiger partial charge in [-0.2, -0.15) is 0 Å². The second kappa shape index (κ2) is 5.60. The zero-order valence-electron chi connectivity index (χ0n) is 8.23. The summed E-state index contributed by atoms with van der Waals surface area (Å²) in [6.45, 7) is 5.61. The van der Waals surface area contributed by atoms with E-state index in [1.165, 1.54) is 0 Å². The molecule has 1 aromatic rings. The highest BCUT2D eigenvalue weighted by Gasteiger charge is 2.12. The van der Waals surface area contributed by atoms with Crippen molar-refractivity contribution in [1.82, 2.24) is 0 Å². The van der Waals surface area contributed by atoms with E-state index in [-0.39, 0.29) is 12.1 Å². The van der Waals surface area contributed by atoms with E-state index in [2.05, 4.69) is 6.58 Å². The Kier molecular flexibility index (Phi) is 4.40. The maximum Gasteiger partial charge on any atom is 0.306 e. The van der Waals surface area contributed by atoms with Gasteiger partial charge in [0.1, 0.15) is 0 Å². The van der Waals surface area contributed by atoms with Crippen LogP contribution >= 0.6 is 11.3 Å². The second-order valence-corrected chi connectivity index (χ2v) is 3.89. The third-order valence-corrected chi connectivity index (χ3v) is 2.68. The summed E-state index contributed by atoms with van der Waals surface area (Å²) in [5.74, 6) is -0.161. The molecule has 1 atom stereocenters. The van der Waals surface area contributed by atoms with Gasteiger partial charge in [0.2, 0.25) is 0 Å². The van der Waals surface area contributed by atoms with Crippen molar-refractivity contribution in [2.75, 3.05) is 0 Å². The first kappa shape index (κ1) is 11.0. The van der Waals surface area contributed by atoms with Gasteiger partial charge >= 0.3 is 5.97 Å². The van der Waals surface area contributed by atoms with Crippen molar-refractivity contribution in [2.24, 2.45) is 0 Å². The summed E-state index contributed by atoms with van der Waals surface area (Å²) < 4.78 is 5.24. The first-order chi connectivity index (χ1) is 6.77. The molecule has 0 N–H and O–H groups in total. The number of carbonyl (C=O) groups excluding carboxylic acids is 1. The summed E-state index contributed by atoms with van der Waals surface area (Å²) in [6.07, 6.45) is 2.65. The van der Waals surface area contributed by atoms with Gasteiger partial charge in [-0.3, -0.25) is 4.79 Å². The molecule has 2 nitrogen and oxygen atoms in total. The molecule has 0 saturated heterocycles. The minimum absolute atomic E-state index is 0.161. The van der Waals surface area contributed by atoms with E-state index in [4.69, 9.17) is 4.74 Å². The van der Waals surface area contributed by atoms with Crippen molar-refractivity contribution in [3.8, 4) is 0 Å². The van der Waals surface area contributed by atoms with Gasteiger partial charge < -0.3 is 4.74 Å². The normalized spacial score (nSPS) is 12.1. The molecule has 0 radical (unpaired) electrons. The van der Waals surface area contributed by atoms with Crippen molar-refractivity contribution in [2.45, 2.75) is 25.9 Å². The van der Waals surface area contributed by atoms with E-state index in [1.807, 2.05) is 24.4 Å². The maximum absolute atomic E-state index is 11.2. The van der Waals surface area contributed by atoms with E-state index < -0.39 is 0 Å². The molecule has 14 heavy (non-hydrogen) atoms. The van der Waals surface area contributed by atoms with Crippen LogP contribution in [0.3, 0.4) is 0 Å². The van der Waals surface area contributed by atoms with Gasteiger partial charge in [0.05, 0.1) is 0 Å². The van der Waals surface area contributed by atoms with Gasteiger partial charge in [0, 0.05) is 11.3 Å². The lowest BCUT2D eigenvalue weighted by Gasteiger charge is -2.11. The fourth-order valence-electron chi connectivity index (χ4n) is 1.08. The van der Waals surface area contributed by atoms with Crippen LogP contribution in [0.4, 0.5) is 0 Å². The van der Waals surface area contributed by atoms with Crippen LogP contribution in [0.15, 0.2) is 30.2 Å². The molecule has 0 unspecified atom stereocenters. The molecule has 1 heterocycles. The second-order valence-electron chi connectivity index (χ2n) is 2.91. The van der Waals surface area contributed by atoms with Gasteiger partial charge in [-0.1, -0.05) is 19.6 Å². The Hall–Kier alpha value is -1.09. The van der Waals surface area contributed by atoms with Gasteiger partial charge in [-0.15, -0.1) is 11.3 Å². The lowest BCUT2D eigenvalue weighted by atomic mass is 10.3. The summed E-state index contributed by atoms with van der Waals surface area (Å²) in [5.41, 5.74) is 0. The molecule has 0 aliphatic rings. The number of ether oxygens (including phenoxy) is 1. The molecular weight excluding hydrogens is 196 g/mol. The van der Waals surface area contributed by atoms with Crippen molar-refractivity contribution < 1.29 is 9.53 Å². The largest absolute Gasteiger partial charge is 0.452 e. The molecule has 76 valence electrons. The van der Waals surface area contributed by atoms with Crippen LogP contribution in [-0.2, 0) is 9.53 Å². The van der Waals surface area contributed by atoms with Gasteiger partial charge in [0.15, 0.2) is 6.10 Å². The predicted molar refractivity (Wildman–Crippen MR) is 58.3 cm³/mol. The standard InChI is InChI=1S/C11H14O2S/c1-3-6-11(12)13-9(4-2)10-7-5-8-14-10/h4-5,7-9H,2-3,6H2,1H3/t9-/m1/s1. The van der Waals surface area contributed by atoms with E-state index in [1.54, 1.807) is 17.4 Å². The van der Waals surface area contributed by atoms with Crippen molar-refractivity contribution >= 4 is 17.3 Å². The molecule has 0 bridgehead atoms. The molecule has 0 aromatic carbocycles. The van der Waals surface area contributed by atoms with Crippen molar-refractivity contribution in [1.29, 1.82) is 0 Å². The van der Waals surface area contributed by atoms with Crippen LogP contribution in [0.1, 0.15) is 30.7 Å². The Morgan fingerprint density at radius 2 is 2.57 bits per heavy atom. The number of carbonyl (C=O) groups is 1. The molecule has 1 rings (SSSR count). The SMILES string of the molecule is C=C[C@@H](OC(=O)CCC)c1cccs1. The fourth-order valence-corrected chi connectivity index (χ4v) is 1.83. The fraction of sp³-hybridized carbons (Fsp3) is 0.364. The highest BCUT2D eigenvalue weighted by molar-refractivity contribution is 7.10. The van der Waals surface area contributed by atoms with Crippen molar-refractivity contribution in [3.63, 3.8) is 0 Å². The van der Waals surface area contributed by atoms with E-state index in [9.17, 15) is 4.79 Å². The Labute approximate surface area is 88.2 Å². The molecule has 0 spiro atoms. The highest BCUT2D eigenvalue weighted by atomic mass is 32.1. The quantitative estimate of drug-likeness (QED) is 0.550.